The Labute approximate surface area is 206 Å². The second-order valence-corrected chi connectivity index (χ2v) is 8.22. The maximum absolute atomic E-state index is 12.9. The third kappa shape index (κ3) is 4.60. The Morgan fingerprint density at radius 1 is 0.944 bits per heavy atom. The summed E-state index contributed by atoms with van der Waals surface area (Å²) in [5.74, 6) is -0.494. The lowest BCUT2D eigenvalue weighted by molar-refractivity contribution is -0.384. The van der Waals surface area contributed by atoms with E-state index in [-0.39, 0.29) is 11.4 Å². The van der Waals surface area contributed by atoms with Gasteiger partial charge in [-0.3, -0.25) is 14.9 Å². The molecule has 8 nitrogen and oxygen atoms in total. The van der Waals surface area contributed by atoms with Crippen molar-refractivity contribution in [3.8, 4) is 16.9 Å². The number of aromatic nitrogens is 2. The number of carbonyl (C=O) groups excluding carboxylic acids is 1. The summed E-state index contributed by atoms with van der Waals surface area (Å²) in [6.07, 6.45) is 1.39. The quantitative estimate of drug-likeness (QED) is 0.194. The fraction of sp³-hybridized carbons (Fsp3) is 0.0357. The van der Waals surface area contributed by atoms with Gasteiger partial charge in [0.15, 0.2) is 5.69 Å². The van der Waals surface area contributed by atoms with Gasteiger partial charge in [-0.05, 0) is 47.5 Å². The number of para-hydroxylation sites is 1. The number of hydrazone groups is 1. The summed E-state index contributed by atoms with van der Waals surface area (Å²) in [6, 6.07) is 30.0. The normalized spacial score (nSPS) is 11.1. The van der Waals surface area contributed by atoms with Crippen LogP contribution in [0.4, 0.5) is 5.69 Å². The van der Waals surface area contributed by atoms with Crippen molar-refractivity contribution in [1.82, 2.24) is 15.2 Å². The van der Waals surface area contributed by atoms with Crippen LogP contribution in [0.25, 0.3) is 27.7 Å². The molecular formula is C28H21N5O3. The van der Waals surface area contributed by atoms with Gasteiger partial charge in [0.05, 0.1) is 22.5 Å². The second-order valence-electron chi connectivity index (χ2n) is 8.22. The molecule has 5 rings (SSSR count). The average Bonchev–Trinajstić information content (AvgIpc) is 3.35. The number of hydrogen-bond acceptors (Lipinski definition) is 5. The number of benzene rings is 4. The minimum absolute atomic E-state index is 0.0463. The van der Waals surface area contributed by atoms with Crippen LogP contribution in [-0.2, 0) is 0 Å². The molecule has 0 bridgehead atoms. The number of nitro groups is 1. The molecule has 1 N–H and O–H groups in total. The first kappa shape index (κ1) is 22.7. The van der Waals surface area contributed by atoms with Crippen LogP contribution in [0.2, 0.25) is 0 Å². The van der Waals surface area contributed by atoms with Gasteiger partial charge in [0.25, 0.3) is 11.6 Å². The van der Waals surface area contributed by atoms with Crippen molar-refractivity contribution in [1.29, 1.82) is 0 Å². The van der Waals surface area contributed by atoms with Gasteiger partial charge in [0.2, 0.25) is 0 Å². The van der Waals surface area contributed by atoms with Crippen molar-refractivity contribution in [3.05, 3.63) is 124 Å². The molecule has 4 aromatic carbocycles. The molecule has 0 saturated heterocycles. The SMILES string of the molecule is Cc1ccc([N+](=O)[O-])cc1/C=N\NC(=O)c1cc(-c2ccc3ccccc3c2)n(-c2ccccc2)n1. The van der Waals surface area contributed by atoms with Crippen molar-refractivity contribution < 1.29 is 9.72 Å². The Hall–Kier alpha value is -5.11. The molecule has 0 radical (unpaired) electrons. The van der Waals surface area contributed by atoms with Crippen LogP contribution in [0, 0.1) is 17.0 Å². The zero-order valence-corrected chi connectivity index (χ0v) is 19.3. The largest absolute Gasteiger partial charge is 0.291 e. The maximum Gasteiger partial charge on any atom is 0.291 e. The number of hydrogen-bond donors (Lipinski definition) is 1. The number of aryl methyl sites for hydroxylation is 1. The van der Waals surface area contributed by atoms with E-state index < -0.39 is 10.8 Å². The minimum Gasteiger partial charge on any atom is -0.265 e. The summed E-state index contributed by atoms with van der Waals surface area (Å²) in [7, 11) is 0. The van der Waals surface area contributed by atoms with Crippen LogP contribution in [0.15, 0.2) is 102 Å². The molecule has 0 unspecified atom stereocenters. The molecule has 36 heavy (non-hydrogen) atoms. The minimum atomic E-state index is -0.494. The van der Waals surface area contributed by atoms with Gasteiger partial charge in [0, 0.05) is 23.3 Å². The van der Waals surface area contributed by atoms with Crippen LogP contribution in [-0.4, -0.2) is 26.8 Å². The first-order valence-electron chi connectivity index (χ1n) is 11.2. The second kappa shape index (κ2) is 9.63. The predicted octanol–water partition coefficient (Wildman–Crippen LogP) is 5.67. The average molecular weight is 476 g/mol. The molecule has 1 amide bonds. The summed E-state index contributed by atoms with van der Waals surface area (Å²) in [6.45, 7) is 1.81. The summed E-state index contributed by atoms with van der Waals surface area (Å²) in [5, 5.41) is 21.8. The number of nitro benzene ring substituents is 1. The number of amides is 1. The Kier molecular flexibility index (Phi) is 6.07. The maximum atomic E-state index is 12.9. The monoisotopic (exact) mass is 475 g/mol. The molecule has 0 saturated carbocycles. The highest BCUT2D eigenvalue weighted by molar-refractivity contribution is 5.95. The van der Waals surface area contributed by atoms with Gasteiger partial charge in [-0.25, -0.2) is 10.1 Å². The first-order chi connectivity index (χ1) is 17.5. The highest BCUT2D eigenvalue weighted by Gasteiger charge is 2.17. The van der Waals surface area contributed by atoms with Crippen LogP contribution in [0.3, 0.4) is 0 Å². The number of rotatable bonds is 6. The fourth-order valence-corrected chi connectivity index (χ4v) is 3.91. The summed E-state index contributed by atoms with van der Waals surface area (Å²) >= 11 is 0. The molecule has 5 aromatic rings. The van der Waals surface area contributed by atoms with Gasteiger partial charge in [-0.15, -0.1) is 0 Å². The summed E-state index contributed by atoms with van der Waals surface area (Å²) in [5.41, 5.74) is 6.45. The Bertz CT molecular complexity index is 1620. The third-order valence-electron chi connectivity index (χ3n) is 5.83. The highest BCUT2D eigenvalue weighted by Crippen LogP contribution is 2.27. The molecule has 0 aliphatic heterocycles. The molecule has 1 aromatic heterocycles. The van der Waals surface area contributed by atoms with E-state index in [4.69, 9.17) is 0 Å². The van der Waals surface area contributed by atoms with Gasteiger partial charge in [0.1, 0.15) is 0 Å². The van der Waals surface area contributed by atoms with E-state index in [0.717, 1.165) is 33.3 Å². The van der Waals surface area contributed by atoms with E-state index in [2.05, 4.69) is 21.7 Å². The number of fused-ring (bicyclic) bond motifs is 1. The van der Waals surface area contributed by atoms with Crippen molar-refractivity contribution in [2.45, 2.75) is 6.92 Å². The number of nitrogens with one attached hydrogen (secondary N) is 1. The zero-order valence-electron chi connectivity index (χ0n) is 19.3. The van der Waals surface area contributed by atoms with E-state index in [0.29, 0.717) is 5.56 Å². The van der Waals surface area contributed by atoms with E-state index in [1.54, 1.807) is 16.8 Å². The number of nitrogens with zero attached hydrogens (tertiary/aromatic N) is 4. The Balaban J connectivity index is 1.47. The van der Waals surface area contributed by atoms with E-state index in [1.807, 2.05) is 73.7 Å². The molecule has 176 valence electrons. The lowest BCUT2D eigenvalue weighted by Crippen LogP contribution is -2.18. The van der Waals surface area contributed by atoms with E-state index >= 15 is 0 Å². The van der Waals surface area contributed by atoms with Crippen LogP contribution >= 0.6 is 0 Å². The van der Waals surface area contributed by atoms with Gasteiger partial charge in [-0.2, -0.15) is 10.2 Å². The Morgan fingerprint density at radius 3 is 2.47 bits per heavy atom. The molecule has 1 heterocycles. The standard InChI is InChI=1S/C28H21N5O3/c1-19-11-14-25(33(35)36)16-23(19)18-29-30-28(34)26-17-27(32(31-26)24-9-3-2-4-10-24)22-13-12-20-7-5-6-8-21(20)15-22/h2-18H,1H3,(H,30,34)/b29-18-. The first-order valence-corrected chi connectivity index (χ1v) is 11.2. The number of non-ortho nitro benzene ring substituents is 1. The molecule has 0 aliphatic rings. The zero-order chi connectivity index (χ0) is 25.1. The lowest BCUT2D eigenvalue weighted by Gasteiger charge is -2.08. The van der Waals surface area contributed by atoms with Crippen LogP contribution in [0.5, 0.6) is 0 Å². The predicted molar refractivity (Wildman–Crippen MR) is 139 cm³/mol. The molecule has 0 fully saturated rings. The van der Waals surface area contributed by atoms with Gasteiger partial charge < -0.3 is 0 Å². The molecular weight excluding hydrogens is 454 g/mol. The van der Waals surface area contributed by atoms with E-state index in [1.165, 1.54) is 18.3 Å². The van der Waals surface area contributed by atoms with Crippen LogP contribution in [0.1, 0.15) is 21.6 Å². The smallest absolute Gasteiger partial charge is 0.265 e. The third-order valence-corrected chi connectivity index (χ3v) is 5.83. The topological polar surface area (TPSA) is 102 Å². The van der Waals surface area contributed by atoms with Gasteiger partial charge in [-0.1, -0.05) is 60.7 Å². The van der Waals surface area contributed by atoms with Crippen molar-refractivity contribution in [2.75, 3.05) is 0 Å². The highest BCUT2D eigenvalue weighted by atomic mass is 16.6. The van der Waals surface area contributed by atoms with Crippen molar-refractivity contribution in [3.63, 3.8) is 0 Å². The molecule has 8 heteroatoms. The molecule has 0 atom stereocenters. The van der Waals surface area contributed by atoms with Crippen molar-refractivity contribution >= 4 is 28.6 Å². The summed E-state index contributed by atoms with van der Waals surface area (Å²) < 4.78 is 1.73. The number of carbonyl (C=O) groups is 1. The molecule has 0 spiro atoms. The summed E-state index contributed by atoms with van der Waals surface area (Å²) in [4.78, 5) is 23.5. The Morgan fingerprint density at radius 2 is 1.69 bits per heavy atom. The lowest BCUT2D eigenvalue weighted by atomic mass is 10.0. The van der Waals surface area contributed by atoms with Crippen LogP contribution < -0.4 is 5.43 Å². The van der Waals surface area contributed by atoms with Gasteiger partial charge >= 0.3 is 0 Å². The molecule has 0 aliphatic carbocycles. The van der Waals surface area contributed by atoms with E-state index in [9.17, 15) is 14.9 Å². The van der Waals surface area contributed by atoms with Crippen molar-refractivity contribution in [2.24, 2.45) is 5.10 Å². The fourth-order valence-electron chi connectivity index (χ4n) is 3.91.